The normalized spacial score (nSPS) is 15.9. The highest BCUT2D eigenvalue weighted by Gasteiger charge is 2.34. The van der Waals surface area contributed by atoms with Crippen LogP contribution in [-0.4, -0.2) is 40.2 Å². The number of carbonyl (C=O) groups is 1. The number of amides is 1. The van der Waals surface area contributed by atoms with Gasteiger partial charge in [-0.1, -0.05) is 6.07 Å². The Bertz CT molecular complexity index is 1100. The highest BCUT2D eigenvalue weighted by atomic mass is 32.1. The molecule has 0 unspecified atom stereocenters. The number of hydrogen-bond acceptors (Lipinski definition) is 7. The number of aliphatic hydroxyl groups excluding tert-OH is 1. The number of aliphatic hydroxyl groups is 1. The standard InChI is InChI=1S/C20H17F3N4O3S/c1-11-7-25-19(31-11)27-13(9-28)10-30-17-14(3-2-4-15(17)27)18(29)26-12-5-6-16(24-8-12)20(21,22)23/h2-8,13,28H,9-10H2,1H3,(H,26,29)/t13-/m0/s1. The number of alkyl halides is 3. The van der Waals surface area contributed by atoms with Crippen molar-refractivity contribution >= 4 is 33.8 Å². The van der Waals surface area contributed by atoms with Gasteiger partial charge in [0.2, 0.25) is 0 Å². The number of anilines is 3. The molecule has 1 aliphatic heterocycles. The molecule has 0 bridgehead atoms. The number of aromatic nitrogens is 2. The molecule has 3 heterocycles. The summed E-state index contributed by atoms with van der Waals surface area (Å²) in [5, 5.41) is 13.0. The maximum atomic E-state index is 12.8. The first-order valence-corrected chi connectivity index (χ1v) is 10.0. The topological polar surface area (TPSA) is 87.6 Å². The van der Waals surface area contributed by atoms with E-state index in [0.717, 1.165) is 23.2 Å². The number of nitrogens with zero attached hydrogens (tertiary/aromatic N) is 3. The molecule has 162 valence electrons. The van der Waals surface area contributed by atoms with Crippen molar-refractivity contribution in [1.82, 2.24) is 9.97 Å². The first-order valence-electron chi connectivity index (χ1n) is 9.21. The fourth-order valence-corrected chi connectivity index (χ4v) is 4.02. The largest absolute Gasteiger partial charge is 0.488 e. The third-order valence-corrected chi connectivity index (χ3v) is 5.53. The minimum absolute atomic E-state index is 0.118. The van der Waals surface area contributed by atoms with Crippen LogP contribution in [0.25, 0.3) is 0 Å². The summed E-state index contributed by atoms with van der Waals surface area (Å²) in [4.78, 5) is 23.4. The van der Waals surface area contributed by atoms with Crippen LogP contribution in [0, 0.1) is 6.92 Å². The van der Waals surface area contributed by atoms with Gasteiger partial charge in [0.05, 0.1) is 35.8 Å². The van der Waals surface area contributed by atoms with E-state index < -0.39 is 17.8 Å². The minimum atomic E-state index is -4.56. The van der Waals surface area contributed by atoms with Crippen LogP contribution in [0.5, 0.6) is 5.75 Å². The Labute approximate surface area is 179 Å². The van der Waals surface area contributed by atoms with E-state index in [-0.39, 0.29) is 30.5 Å². The van der Waals surface area contributed by atoms with E-state index in [1.54, 1.807) is 24.4 Å². The SMILES string of the molecule is Cc1cnc(N2c3cccc(C(=O)Nc4ccc(C(F)(F)F)nc4)c3OC[C@@H]2CO)s1. The molecule has 1 amide bonds. The van der Waals surface area contributed by atoms with Gasteiger partial charge in [0, 0.05) is 11.1 Å². The molecule has 2 aromatic heterocycles. The first kappa shape index (κ1) is 21.1. The van der Waals surface area contributed by atoms with Crippen molar-refractivity contribution in [2.45, 2.75) is 19.1 Å². The molecule has 7 nitrogen and oxygen atoms in total. The van der Waals surface area contributed by atoms with Crippen LogP contribution >= 0.6 is 11.3 Å². The van der Waals surface area contributed by atoms with E-state index in [2.05, 4.69) is 15.3 Å². The maximum absolute atomic E-state index is 12.8. The summed E-state index contributed by atoms with van der Waals surface area (Å²) in [5.41, 5.74) is -0.160. The van der Waals surface area contributed by atoms with E-state index in [1.807, 2.05) is 11.8 Å². The molecule has 0 spiro atoms. The molecular weight excluding hydrogens is 433 g/mol. The number of hydrogen-bond donors (Lipinski definition) is 2. The molecule has 0 radical (unpaired) electrons. The maximum Gasteiger partial charge on any atom is 0.433 e. The number of benzene rings is 1. The zero-order chi connectivity index (χ0) is 22.2. The molecule has 0 aliphatic carbocycles. The molecule has 31 heavy (non-hydrogen) atoms. The second-order valence-corrected chi connectivity index (χ2v) is 8.02. The third-order valence-electron chi connectivity index (χ3n) is 4.62. The molecule has 1 atom stereocenters. The highest BCUT2D eigenvalue weighted by Crippen LogP contribution is 2.42. The Kier molecular flexibility index (Phi) is 5.54. The quantitative estimate of drug-likeness (QED) is 0.625. The van der Waals surface area contributed by atoms with Gasteiger partial charge in [0.1, 0.15) is 12.3 Å². The third kappa shape index (κ3) is 4.19. The van der Waals surface area contributed by atoms with Gasteiger partial charge in [-0.3, -0.25) is 4.79 Å². The van der Waals surface area contributed by atoms with Crippen molar-refractivity contribution in [2.24, 2.45) is 0 Å². The Morgan fingerprint density at radius 1 is 1.29 bits per heavy atom. The molecule has 4 rings (SSSR count). The lowest BCUT2D eigenvalue weighted by Crippen LogP contribution is -2.42. The molecule has 3 aromatic rings. The van der Waals surface area contributed by atoms with E-state index in [0.29, 0.717) is 16.6 Å². The average Bonchev–Trinajstić information content (AvgIpc) is 3.17. The predicted octanol–water partition coefficient (Wildman–Crippen LogP) is 4.01. The molecule has 0 fully saturated rings. The first-order chi connectivity index (χ1) is 14.8. The van der Waals surface area contributed by atoms with Gasteiger partial charge in [-0.2, -0.15) is 13.2 Å². The molecular formula is C20H17F3N4O3S. The van der Waals surface area contributed by atoms with E-state index in [9.17, 15) is 23.1 Å². The van der Waals surface area contributed by atoms with Crippen molar-refractivity contribution < 1.29 is 27.8 Å². The van der Waals surface area contributed by atoms with Gasteiger partial charge in [-0.25, -0.2) is 9.97 Å². The number of pyridine rings is 1. The lowest BCUT2D eigenvalue weighted by atomic mass is 10.1. The van der Waals surface area contributed by atoms with Gasteiger partial charge in [0.15, 0.2) is 10.9 Å². The number of halogens is 3. The number of fused-ring (bicyclic) bond motifs is 1. The summed E-state index contributed by atoms with van der Waals surface area (Å²) in [7, 11) is 0. The average molecular weight is 450 g/mol. The van der Waals surface area contributed by atoms with Crippen LogP contribution in [0.2, 0.25) is 0 Å². The van der Waals surface area contributed by atoms with Crippen LogP contribution < -0.4 is 15.0 Å². The molecule has 0 saturated heterocycles. The van der Waals surface area contributed by atoms with Gasteiger partial charge >= 0.3 is 6.18 Å². The Morgan fingerprint density at radius 3 is 2.71 bits per heavy atom. The Morgan fingerprint density at radius 2 is 2.10 bits per heavy atom. The summed E-state index contributed by atoms with van der Waals surface area (Å²) in [6.45, 7) is 1.87. The number of para-hydroxylation sites is 1. The zero-order valence-corrected chi connectivity index (χ0v) is 17.0. The summed E-state index contributed by atoms with van der Waals surface area (Å²) < 4.78 is 43.8. The van der Waals surface area contributed by atoms with Crippen LogP contribution in [0.3, 0.4) is 0 Å². The van der Waals surface area contributed by atoms with Crippen molar-refractivity contribution in [3.63, 3.8) is 0 Å². The molecule has 1 aromatic carbocycles. The molecule has 0 saturated carbocycles. The lowest BCUT2D eigenvalue weighted by molar-refractivity contribution is -0.141. The minimum Gasteiger partial charge on any atom is -0.488 e. The fraction of sp³-hybridized carbons (Fsp3) is 0.250. The summed E-state index contributed by atoms with van der Waals surface area (Å²) in [5.74, 6) is -0.256. The van der Waals surface area contributed by atoms with Crippen molar-refractivity contribution in [3.05, 3.63) is 58.9 Å². The number of thiazole rings is 1. The van der Waals surface area contributed by atoms with Crippen LogP contribution in [0.4, 0.5) is 29.7 Å². The summed E-state index contributed by atoms with van der Waals surface area (Å²) in [6, 6.07) is 6.52. The van der Waals surface area contributed by atoms with Gasteiger partial charge < -0.3 is 20.1 Å². The molecule has 11 heteroatoms. The summed E-state index contributed by atoms with van der Waals surface area (Å²) >= 11 is 1.44. The van der Waals surface area contributed by atoms with Crippen LogP contribution in [0.15, 0.2) is 42.7 Å². The second kappa shape index (κ2) is 8.16. The van der Waals surface area contributed by atoms with Gasteiger partial charge in [-0.05, 0) is 31.2 Å². The number of carbonyl (C=O) groups excluding carboxylic acids is 1. The van der Waals surface area contributed by atoms with E-state index in [4.69, 9.17) is 4.74 Å². The summed E-state index contributed by atoms with van der Waals surface area (Å²) in [6.07, 6.45) is -1.89. The molecule has 1 aliphatic rings. The lowest BCUT2D eigenvalue weighted by Gasteiger charge is -2.36. The number of nitrogens with one attached hydrogen (secondary N) is 1. The Balaban J connectivity index is 1.64. The van der Waals surface area contributed by atoms with Crippen LogP contribution in [-0.2, 0) is 6.18 Å². The second-order valence-electron chi connectivity index (χ2n) is 6.81. The molecule has 2 N–H and O–H groups in total. The number of rotatable bonds is 4. The smallest absolute Gasteiger partial charge is 0.433 e. The van der Waals surface area contributed by atoms with Crippen LogP contribution in [0.1, 0.15) is 20.9 Å². The zero-order valence-electron chi connectivity index (χ0n) is 16.2. The van der Waals surface area contributed by atoms with Crippen molar-refractivity contribution in [3.8, 4) is 5.75 Å². The van der Waals surface area contributed by atoms with Gasteiger partial charge in [0.25, 0.3) is 5.91 Å². The number of ether oxygens (including phenoxy) is 1. The van der Waals surface area contributed by atoms with Gasteiger partial charge in [-0.15, -0.1) is 11.3 Å². The highest BCUT2D eigenvalue weighted by molar-refractivity contribution is 7.15. The predicted molar refractivity (Wildman–Crippen MR) is 109 cm³/mol. The van der Waals surface area contributed by atoms with Crippen molar-refractivity contribution in [1.29, 1.82) is 0 Å². The van der Waals surface area contributed by atoms with E-state index >= 15 is 0 Å². The number of aryl methyl sites for hydroxylation is 1. The van der Waals surface area contributed by atoms with Crippen molar-refractivity contribution in [2.75, 3.05) is 23.4 Å². The fourth-order valence-electron chi connectivity index (χ4n) is 3.18. The van der Waals surface area contributed by atoms with E-state index in [1.165, 1.54) is 11.3 Å². The Hall–Kier alpha value is -3.18. The monoisotopic (exact) mass is 450 g/mol.